The highest BCUT2D eigenvalue weighted by atomic mass is 32.2. The Labute approximate surface area is 177 Å². The SMILES string of the molecule is COc1ccc(C)cc1S(=O)(=O)N1CCC[C@H](C(=O)Nc2cccc(C(C)=O)c2)C1. The van der Waals surface area contributed by atoms with Gasteiger partial charge in [0.25, 0.3) is 0 Å². The Balaban J connectivity index is 1.78. The lowest BCUT2D eigenvalue weighted by Gasteiger charge is -2.31. The van der Waals surface area contributed by atoms with Crippen LogP contribution in [0.4, 0.5) is 5.69 Å². The third-order valence-corrected chi connectivity index (χ3v) is 7.11. The first kappa shape index (κ1) is 22.0. The van der Waals surface area contributed by atoms with Crippen LogP contribution in [0, 0.1) is 12.8 Å². The zero-order valence-corrected chi connectivity index (χ0v) is 18.2. The van der Waals surface area contributed by atoms with Crippen LogP contribution in [0.2, 0.25) is 0 Å². The summed E-state index contributed by atoms with van der Waals surface area (Å²) in [6.45, 7) is 3.73. The van der Waals surface area contributed by atoms with Crippen LogP contribution >= 0.6 is 0 Å². The summed E-state index contributed by atoms with van der Waals surface area (Å²) < 4.78 is 33.1. The number of rotatable bonds is 6. The number of hydrogen-bond donors (Lipinski definition) is 1. The summed E-state index contributed by atoms with van der Waals surface area (Å²) in [4.78, 5) is 24.5. The molecule has 0 aliphatic carbocycles. The van der Waals surface area contributed by atoms with Gasteiger partial charge in [-0.05, 0) is 56.5 Å². The maximum absolute atomic E-state index is 13.2. The predicted molar refractivity (Wildman–Crippen MR) is 114 cm³/mol. The van der Waals surface area contributed by atoms with Crippen LogP contribution in [0.15, 0.2) is 47.4 Å². The molecule has 3 rings (SSSR count). The predicted octanol–water partition coefficient (Wildman–Crippen LogP) is 3.25. The smallest absolute Gasteiger partial charge is 0.246 e. The van der Waals surface area contributed by atoms with Crippen molar-refractivity contribution in [3.05, 3.63) is 53.6 Å². The van der Waals surface area contributed by atoms with Gasteiger partial charge in [0, 0.05) is 24.3 Å². The number of ketones is 1. The molecule has 1 N–H and O–H groups in total. The molecule has 0 radical (unpaired) electrons. The van der Waals surface area contributed by atoms with E-state index in [1.165, 1.54) is 18.3 Å². The number of methoxy groups -OCH3 is 1. The van der Waals surface area contributed by atoms with Gasteiger partial charge in [-0.25, -0.2) is 8.42 Å². The number of carbonyl (C=O) groups is 2. The fourth-order valence-corrected chi connectivity index (χ4v) is 5.32. The molecule has 1 saturated heterocycles. The monoisotopic (exact) mass is 430 g/mol. The van der Waals surface area contributed by atoms with E-state index in [4.69, 9.17) is 4.74 Å². The highest BCUT2D eigenvalue weighted by molar-refractivity contribution is 7.89. The summed E-state index contributed by atoms with van der Waals surface area (Å²) in [7, 11) is -2.37. The molecule has 0 saturated carbocycles. The number of benzene rings is 2. The Kier molecular flexibility index (Phi) is 6.58. The van der Waals surface area contributed by atoms with Crippen molar-refractivity contribution in [3.63, 3.8) is 0 Å². The van der Waals surface area contributed by atoms with Crippen LogP contribution in [0.25, 0.3) is 0 Å². The third-order valence-electron chi connectivity index (χ3n) is 5.23. The lowest BCUT2D eigenvalue weighted by Crippen LogP contribution is -2.43. The largest absolute Gasteiger partial charge is 0.495 e. The van der Waals surface area contributed by atoms with Gasteiger partial charge in [0.2, 0.25) is 15.9 Å². The number of amides is 1. The lowest BCUT2D eigenvalue weighted by atomic mass is 9.98. The Bertz CT molecular complexity index is 1060. The van der Waals surface area contributed by atoms with Crippen molar-refractivity contribution in [3.8, 4) is 5.75 Å². The first-order chi connectivity index (χ1) is 14.2. The fraction of sp³-hybridized carbons (Fsp3) is 0.364. The minimum Gasteiger partial charge on any atom is -0.495 e. The van der Waals surface area contributed by atoms with Gasteiger partial charge < -0.3 is 10.1 Å². The van der Waals surface area contributed by atoms with E-state index in [-0.39, 0.29) is 28.9 Å². The standard InChI is InChI=1S/C22H26N2O5S/c1-15-9-10-20(29-3)21(12-15)30(27,28)24-11-5-7-18(14-24)22(26)23-19-8-4-6-17(13-19)16(2)25/h4,6,8-10,12-13,18H,5,7,11,14H2,1-3H3,(H,23,26)/t18-/m0/s1. The van der Waals surface area contributed by atoms with Crippen molar-refractivity contribution >= 4 is 27.4 Å². The second-order valence-corrected chi connectivity index (χ2v) is 9.39. The van der Waals surface area contributed by atoms with Gasteiger partial charge in [-0.3, -0.25) is 9.59 Å². The van der Waals surface area contributed by atoms with Crippen molar-refractivity contribution in [2.75, 3.05) is 25.5 Å². The quantitative estimate of drug-likeness (QED) is 0.710. The zero-order valence-electron chi connectivity index (χ0n) is 17.3. The minimum absolute atomic E-state index is 0.0897. The summed E-state index contributed by atoms with van der Waals surface area (Å²) >= 11 is 0. The van der Waals surface area contributed by atoms with Crippen LogP contribution in [-0.4, -0.2) is 44.6 Å². The number of Topliss-reactive ketones (excluding diaryl/α,β-unsaturated/α-hetero) is 1. The number of nitrogens with zero attached hydrogens (tertiary/aromatic N) is 1. The number of piperidine rings is 1. The molecule has 0 bridgehead atoms. The molecule has 1 aliphatic heterocycles. The average Bonchev–Trinajstić information content (AvgIpc) is 2.74. The van der Waals surface area contributed by atoms with Crippen molar-refractivity contribution < 1.29 is 22.7 Å². The normalized spacial score (nSPS) is 17.4. The molecule has 0 aromatic heterocycles. The topological polar surface area (TPSA) is 92.8 Å². The maximum atomic E-state index is 13.2. The minimum atomic E-state index is -3.80. The summed E-state index contributed by atoms with van der Waals surface area (Å²) in [5.41, 5.74) is 1.84. The molecule has 2 aromatic carbocycles. The fourth-order valence-electron chi connectivity index (χ4n) is 3.56. The van der Waals surface area contributed by atoms with Crippen molar-refractivity contribution in [1.29, 1.82) is 0 Å². The molecule has 160 valence electrons. The first-order valence-electron chi connectivity index (χ1n) is 9.79. The molecule has 1 amide bonds. The van der Waals surface area contributed by atoms with Gasteiger partial charge in [-0.2, -0.15) is 4.31 Å². The molecule has 2 aromatic rings. The van der Waals surface area contributed by atoms with Gasteiger partial charge in [-0.1, -0.05) is 18.2 Å². The maximum Gasteiger partial charge on any atom is 0.246 e. The van der Waals surface area contributed by atoms with Crippen molar-refractivity contribution in [2.24, 2.45) is 5.92 Å². The van der Waals surface area contributed by atoms with E-state index in [1.54, 1.807) is 42.5 Å². The Morgan fingerprint density at radius 3 is 2.63 bits per heavy atom. The number of carbonyl (C=O) groups excluding carboxylic acids is 2. The first-order valence-corrected chi connectivity index (χ1v) is 11.2. The van der Waals surface area contributed by atoms with E-state index in [2.05, 4.69) is 5.32 Å². The van der Waals surface area contributed by atoms with Crippen LogP contribution in [0.1, 0.15) is 35.7 Å². The Morgan fingerprint density at radius 2 is 1.93 bits per heavy atom. The van der Waals surface area contributed by atoms with Crippen LogP contribution in [-0.2, 0) is 14.8 Å². The molecule has 30 heavy (non-hydrogen) atoms. The molecular formula is C22H26N2O5S. The number of nitrogens with one attached hydrogen (secondary N) is 1. The molecule has 7 nitrogen and oxygen atoms in total. The molecule has 1 aliphatic rings. The second kappa shape index (κ2) is 8.97. The highest BCUT2D eigenvalue weighted by Crippen LogP contribution is 2.31. The van der Waals surface area contributed by atoms with Gasteiger partial charge in [-0.15, -0.1) is 0 Å². The Hall–Kier alpha value is -2.71. The average molecular weight is 431 g/mol. The van der Waals surface area contributed by atoms with E-state index >= 15 is 0 Å². The van der Waals surface area contributed by atoms with Gasteiger partial charge in [0.15, 0.2) is 5.78 Å². The number of hydrogen-bond acceptors (Lipinski definition) is 5. The molecule has 1 heterocycles. The van der Waals surface area contributed by atoms with Gasteiger partial charge in [0.1, 0.15) is 10.6 Å². The molecule has 0 spiro atoms. The van der Waals surface area contributed by atoms with Crippen LogP contribution < -0.4 is 10.1 Å². The van der Waals surface area contributed by atoms with Crippen LogP contribution in [0.5, 0.6) is 5.75 Å². The Morgan fingerprint density at radius 1 is 1.17 bits per heavy atom. The van der Waals surface area contributed by atoms with E-state index in [9.17, 15) is 18.0 Å². The molecule has 1 atom stereocenters. The number of aryl methyl sites for hydroxylation is 1. The van der Waals surface area contributed by atoms with Crippen LogP contribution in [0.3, 0.4) is 0 Å². The molecule has 0 unspecified atom stereocenters. The summed E-state index contributed by atoms with van der Waals surface area (Å²) in [5.74, 6) is -0.543. The second-order valence-electron chi connectivity index (χ2n) is 7.48. The molecular weight excluding hydrogens is 404 g/mol. The number of sulfonamides is 1. The summed E-state index contributed by atoms with van der Waals surface area (Å²) in [6.07, 6.45) is 1.17. The number of ether oxygens (including phenoxy) is 1. The summed E-state index contributed by atoms with van der Waals surface area (Å²) in [5, 5.41) is 2.81. The van der Waals surface area contributed by atoms with E-state index in [1.807, 2.05) is 6.92 Å². The zero-order chi connectivity index (χ0) is 21.9. The van der Waals surface area contributed by atoms with Crippen molar-refractivity contribution in [1.82, 2.24) is 4.31 Å². The van der Waals surface area contributed by atoms with E-state index in [0.29, 0.717) is 30.6 Å². The van der Waals surface area contributed by atoms with E-state index in [0.717, 1.165) is 5.56 Å². The molecule has 8 heteroatoms. The molecule has 1 fully saturated rings. The summed E-state index contributed by atoms with van der Waals surface area (Å²) in [6, 6.07) is 11.7. The van der Waals surface area contributed by atoms with Crippen molar-refractivity contribution in [2.45, 2.75) is 31.6 Å². The van der Waals surface area contributed by atoms with E-state index < -0.39 is 15.9 Å². The lowest BCUT2D eigenvalue weighted by molar-refractivity contribution is -0.120. The van der Waals surface area contributed by atoms with Gasteiger partial charge in [0.05, 0.1) is 13.0 Å². The van der Waals surface area contributed by atoms with Gasteiger partial charge >= 0.3 is 0 Å². The third kappa shape index (κ3) is 4.71. The highest BCUT2D eigenvalue weighted by Gasteiger charge is 2.35. The number of anilines is 1.